The molecule has 0 saturated carbocycles. The van der Waals surface area contributed by atoms with Crippen LogP contribution in [0.5, 0.6) is 0 Å². The van der Waals surface area contributed by atoms with Gasteiger partial charge in [0.05, 0.1) is 0 Å². The van der Waals surface area contributed by atoms with Gasteiger partial charge in [0.15, 0.2) is 0 Å². The molecule has 0 aliphatic heterocycles. The molecule has 7 nitrogen and oxygen atoms in total. The summed E-state index contributed by atoms with van der Waals surface area (Å²) in [6.07, 6.45) is -1.02. The van der Waals surface area contributed by atoms with E-state index in [0.29, 0.717) is 0 Å². The normalized spacial score (nSPS) is 10.1. The van der Waals surface area contributed by atoms with Crippen molar-refractivity contribution in [2.45, 2.75) is 12.8 Å². The van der Waals surface area contributed by atoms with Gasteiger partial charge in [-0.05, 0) is 0 Å². The molecule has 0 saturated heterocycles. The first-order valence-corrected chi connectivity index (χ1v) is 4.46. The van der Waals surface area contributed by atoms with Crippen LogP contribution in [-0.4, -0.2) is 33.2 Å². The molecule has 0 radical (unpaired) electrons. The van der Waals surface area contributed by atoms with E-state index >= 15 is 0 Å². The Hall–Kier alpha value is -1.58. The Morgan fingerprint density at radius 1 is 1.07 bits per heavy atom. The van der Waals surface area contributed by atoms with Gasteiger partial charge in [0, 0.05) is 0 Å². The van der Waals surface area contributed by atoms with Gasteiger partial charge >= 0.3 is 84.0 Å². The van der Waals surface area contributed by atoms with Gasteiger partial charge in [-0.15, -0.1) is 0 Å². The first-order valence-electron chi connectivity index (χ1n) is 3.65. The maximum atomic E-state index is 10.6. The Morgan fingerprint density at radius 3 is 1.73 bits per heavy atom. The average molecular weight is 234 g/mol. The summed E-state index contributed by atoms with van der Waals surface area (Å²) >= 11 is 0. The standard InChI is InChI=1S/C7H7O7P/c8-4(9)7(5(10)11,6(12)13)2-1-3-15-14/h1-2H2,(H,8,9)(H,10,11)(H,12,13). The number of hydrogen-bond donors (Lipinski definition) is 3. The zero-order valence-corrected chi connectivity index (χ0v) is 8.23. The fraction of sp³-hybridized carbons (Fsp3) is 0.429. The van der Waals surface area contributed by atoms with Gasteiger partial charge in [0.2, 0.25) is 0 Å². The van der Waals surface area contributed by atoms with Crippen LogP contribution in [0.25, 0.3) is 0 Å². The van der Waals surface area contributed by atoms with Crippen LogP contribution < -0.4 is 0 Å². The van der Waals surface area contributed by atoms with E-state index in [1.165, 1.54) is 0 Å². The molecule has 0 aromatic carbocycles. The van der Waals surface area contributed by atoms with Crippen molar-refractivity contribution in [2.75, 3.05) is 0 Å². The number of rotatable bonds is 5. The summed E-state index contributed by atoms with van der Waals surface area (Å²) in [6, 6.07) is 0. The molecule has 15 heavy (non-hydrogen) atoms. The van der Waals surface area contributed by atoms with Crippen LogP contribution in [0.15, 0.2) is 0 Å². The molecule has 0 rings (SSSR count). The van der Waals surface area contributed by atoms with Crippen molar-refractivity contribution in [2.24, 2.45) is 5.41 Å². The van der Waals surface area contributed by atoms with Gasteiger partial charge in [-0.2, -0.15) is 0 Å². The van der Waals surface area contributed by atoms with Gasteiger partial charge in [0.1, 0.15) is 0 Å². The van der Waals surface area contributed by atoms with Gasteiger partial charge in [-0.3, -0.25) is 0 Å². The summed E-state index contributed by atoms with van der Waals surface area (Å²) in [5.41, 5.74) is -0.810. The van der Waals surface area contributed by atoms with E-state index in [9.17, 15) is 18.9 Å². The van der Waals surface area contributed by atoms with Crippen LogP contribution in [0.1, 0.15) is 12.8 Å². The van der Waals surface area contributed by atoms with Gasteiger partial charge in [-0.25, -0.2) is 0 Å². The Kier molecular flexibility index (Phi) is 4.78. The van der Waals surface area contributed by atoms with E-state index in [4.69, 9.17) is 15.3 Å². The zero-order chi connectivity index (χ0) is 12.1. The predicted octanol–water partition coefficient (Wildman–Crippen LogP) is 0.258. The number of carboxylic acids is 3. The minimum absolute atomic E-state index is 0.310. The topological polar surface area (TPSA) is 129 Å². The molecule has 8 heteroatoms. The first-order chi connectivity index (χ1) is 6.89. The second kappa shape index (κ2) is 5.34. The number of hydrogen-bond acceptors (Lipinski definition) is 4. The summed E-state index contributed by atoms with van der Waals surface area (Å²) in [5.74, 6) is -5.90. The SMILES string of the molecule is O=P#CCCC(C(=O)O)(C(=O)O)C(=O)O. The van der Waals surface area contributed by atoms with Crippen molar-refractivity contribution < 1.29 is 34.3 Å². The Bertz CT molecular complexity index is 357. The molecular weight excluding hydrogens is 227 g/mol. The summed E-state index contributed by atoms with van der Waals surface area (Å²) in [4.78, 5) is 31.9. The third kappa shape index (κ3) is 2.68. The summed E-state index contributed by atoms with van der Waals surface area (Å²) < 4.78 is 9.94. The number of carbonyl (C=O) groups is 3. The van der Waals surface area contributed by atoms with E-state index in [2.05, 4.69) is 5.63 Å². The van der Waals surface area contributed by atoms with Crippen LogP contribution in [0.2, 0.25) is 0 Å². The number of aliphatic carboxylic acids is 3. The van der Waals surface area contributed by atoms with Crippen molar-refractivity contribution >= 4 is 25.8 Å². The second-order valence-electron chi connectivity index (χ2n) is 2.57. The number of carboxylic acid groups (broad SMARTS) is 3. The van der Waals surface area contributed by atoms with Crippen molar-refractivity contribution in [1.82, 2.24) is 0 Å². The molecule has 0 fully saturated rings. The molecule has 0 amide bonds. The molecule has 0 aliphatic carbocycles. The van der Waals surface area contributed by atoms with Crippen molar-refractivity contribution in [3.05, 3.63) is 0 Å². The van der Waals surface area contributed by atoms with E-state index in [1.54, 1.807) is 0 Å². The fourth-order valence-electron chi connectivity index (χ4n) is 0.884. The van der Waals surface area contributed by atoms with E-state index in [0.717, 1.165) is 0 Å². The zero-order valence-electron chi connectivity index (χ0n) is 7.34. The fourth-order valence-corrected chi connectivity index (χ4v) is 1.09. The third-order valence-corrected chi connectivity index (χ3v) is 2.12. The van der Waals surface area contributed by atoms with Crippen LogP contribution in [0, 0.1) is 11.0 Å². The van der Waals surface area contributed by atoms with E-state index in [-0.39, 0.29) is 6.42 Å². The Balaban J connectivity index is 5.20. The van der Waals surface area contributed by atoms with Gasteiger partial charge in [0.25, 0.3) is 0 Å². The molecule has 0 aliphatic rings. The van der Waals surface area contributed by atoms with Crippen molar-refractivity contribution in [3.63, 3.8) is 0 Å². The van der Waals surface area contributed by atoms with Crippen LogP contribution in [-0.2, 0) is 18.9 Å². The van der Waals surface area contributed by atoms with E-state index in [1.807, 2.05) is 0 Å². The molecule has 0 aromatic heterocycles. The summed E-state index contributed by atoms with van der Waals surface area (Å²) in [6.45, 7) is 0. The van der Waals surface area contributed by atoms with Gasteiger partial charge in [-0.1, -0.05) is 0 Å². The van der Waals surface area contributed by atoms with Crippen molar-refractivity contribution in [3.8, 4) is 5.63 Å². The minimum atomic E-state index is -2.91. The third-order valence-electron chi connectivity index (χ3n) is 1.77. The van der Waals surface area contributed by atoms with Crippen LogP contribution in [0.3, 0.4) is 0 Å². The molecule has 0 spiro atoms. The van der Waals surface area contributed by atoms with Gasteiger partial charge < -0.3 is 0 Å². The van der Waals surface area contributed by atoms with Crippen LogP contribution >= 0.6 is 7.92 Å². The quantitative estimate of drug-likeness (QED) is 0.459. The molecule has 0 aromatic rings. The molecular formula is C7H7O7P. The molecule has 0 heterocycles. The monoisotopic (exact) mass is 234 g/mol. The maximum absolute atomic E-state index is 10.6. The average Bonchev–Trinajstić information content (AvgIpc) is 2.10. The molecule has 82 valence electrons. The predicted molar refractivity (Wildman–Crippen MR) is 46.1 cm³/mol. The Morgan fingerprint density at radius 2 is 1.47 bits per heavy atom. The first kappa shape index (κ1) is 13.4. The van der Waals surface area contributed by atoms with Crippen LogP contribution in [0.4, 0.5) is 0 Å². The van der Waals surface area contributed by atoms with Crippen molar-refractivity contribution in [1.29, 1.82) is 0 Å². The molecule has 0 atom stereocenters. The summed E-state index contributed by atoms with van der Waals surface area (Å²) in [5, 5.41) is 25.8. The molecule has 0 unspecified atom stereocenters. The molecule has 3 N–H and O–H groups in total. The Labute approximate surface area is 84.8 Å². The van der Waals surface area contributed by atoms with E-state index < -0.39 is 37.7 Å². The second-order valence-corrected chi connectivity index (χ2v) is 3.07. The summed E-state index contributed by atoms with van der Waals surface area (Å²) in [7, 11) is -0.528. The molecule has 0 bridgehead atoms.